The predicted molar refractivity (Wildman–Crippen MR) is 56.4 cm³/mol. The predicted octanol–water partition coefficient (Wildman–Crippen LogP) is 1.51. The van der Waals surface area contributed by atoms with E-state index in [1.54, 1.807) is 0 Å². The summed E-state index contributed by atoms with van der Waals surface area (Å²) >= 11 is 0. The zero-order valence-corrected chi connectivity index (χ0v) is 9.27. The standard InChI is InChI=1S/C11H21NO2/c1-3-8-14-9-10(13)11(4-2)6-5-7-12-11/h12H,3-9H2,1-2H3. The van der Waals surface area contributed by atoms with Gasteiger partial charge in [0, 0.05) is 6.61 Å². The number of ether oxygens (including phenoxy) is 1. The van der Waals surface area contributed by atoms with Gasteiger partial charge in [0.1, 0.15) is 6.61 Å². The lowest BCUT2D eigenvalue weighted by Gasteiger charge is -2.26. The van der Waals surface area contributed by atoms with Crippen LogP contribution in [0.15, 0.2) is 0 Å². The first-order chi connectivity index (χ1) is 6.75. The highest BCUT2D eigenvalue weighted by molar-refractivity contribution is 5.89. The van der Waals surface area contributed by atoms with Gasteiger partial charge in [-0.05, 0) is 32.2 Å². The molecule has 0 radical (unpaired) electrons. The Morgan fingerprint density at radius 3 is 2.79 bits per heavy atom. The van der Waals surface area contributed by atoms with Crippen molar-refractivity contribution in [1.29, 1.82) is 0 Å². The Labute approximate surface area is 86.2 Å². The maximum absolute atomic E-state index is 11.9. The van der Waals surface area contributed by atoms with Crippen LogP contribution in [0.2, 0.25) is 0 Å². The molecule has 0 spiro atoms. The molecule has 1 fully saturated rings. The smallest absolute Gasteiger partial charge is 0.178 e. The molecule has 3 heteroatoms. The molecule has 3 nitrogen and oxygen atoms in total. The van der Waals surface area contributed by atoms with Crippen LogP contribution in [-0.4, -0.2) is 31.1 Å². The summed E-state index contributed by atoms with van der Waals surface area (Å²) in [6.07, 6.45) is 3.92. The van der Waals surface area contributed by atoms with Crippen LogP contribution in [0.5, 0.6) is 0 Å². The molecule has 0 aromatic rings. The monoisotopic (exact) mass is 199 g/mol. The minimum atomic E-state index is -0.270. The van der Waals surface area contributed by atoms with Crippen molar-refractivity contribution in [1.82, 2.24) is 5.32 Å². The Morgan fingerprint density at radius 2 is 2.29 bits per heavy atom. The lowest BCUT2D eigenvalue weighted by atomic mass is 9.89. The van der Waals surface area contributed by atoms with E-state index in [0.29, 0.717) is 6.61 Å². The summed E-state index contributed by atoms with van der Waals surface area (Å²) in [4.78, 5) is 11.9. The van der Waals surface area contributed by atoms with Gasteiger partial charge < -0.3 is 10.1 Å². The highest BCUT2D eigenvalue weighted by Gasteiger charge is 2.38. The molecule has 1 aliphatic heterocycles. The molecule has 1 heterocycles. The largest absolute Gasteiger partial charge is 0.374 e. The van der Waals surface area contributed by atoms with Crippen LogP contribution in [-0.2, 0) is 9.53 Å². The number of carbonyl (C=O) groups is 1. The first-order valence-electron chi connectivity index (χ1n) is 5.61. The van der Waals surface area contributed by atoms with Gasteiger partial charge in [-0.1, -0.05) is 13.8 Å². The van der Waals surface area contributed by atoms with Gasteiger partial charge in [0.05, 0.1) is 5.54 Å². The zero-order chi connectivity index (χ0) is 10.4. The summed E-state index contributed by atoms with van der Waals surface area (Å²) in [6, 6.07) is 0. The molecule has 0 aromatic carbocycles. The quantitative estimate of drug-likeness (QED) is 0.659. The number of ketones is 1. The summed E-state index contributed by atoms with van der Waals surface area (Å²) in [5.74, 6) is 0.228. The van der Waals surface area contributed by atoms with Gasteiger partial charge in [0.15, 0.2) is 5.78 Å². The maximum atomic E-state index is 11.9. The van der Waals surface area contributed by atoms with Crippen LogP contribution in [0, 0.1) is 0 Å². The molecule has 1 N–H and O–H groups in total. The Morgan fingerprint density at radius 1 is 1.50 bits per heavy atom. The van der Waals surface area contributed by atoms with Gasteiger partial charge in [0.25, 0.3) is 0 Å². The van der Waals surface area contributed by atoms with E-state index in [-0.39, 0.29) is 17.9 Å². The van der Waals surface area contributed by atoms with Gasteiger partial charge in [-0.25, -0.2) is 0 Å². The molecule has 1 atom stereocenters. The molecule has 82 valence electrons. The van der Waals surface area contributed by atoms with E-state index in [1.807, 2.05) is 6.92 Å². The minimum Gasteiger partial charge on any atom is -0.374 e. The number of rotatable bonds is 6. The molecule has 1 unspecified atom stereocenters. The average molecular weight is 199 g/mol. The van der Waals surface area contributed by atoms with E-state index < -0.39 is 0 Å². The molecular weight excluding hydrogens is 178 g/mol. The number of hydrogen-bond donors (Lipinski definition) is 1. The fourth-order valence-electron chi connectivity index (χ4n) is 1.99. The molecule has 1 saturated heterocycles. The molecule has 14 heavy (non-hydrogen) atoms. The summed E-state index contributed by atoms with van der Waals surface area (Å²) in [7, 11) is 0. The van der Waals surface area contributed by atoms with Gasteiger partial charge in [-0.3, -0.25) is 4.79 Å². The number of hydrogen-bond acceptors (Lipinski definition) is 3. The molecule has 1 rings (SSSR count). The van der Waals surface area contributed by atoms with Crippen molar-refractivity contribution >= 4 is 5.78 Å². The van der Waals surface area contributed by atoms with Crippen LogP contribution >= 0.6 is 0 Å². The minimum absolute atomic E-state index is 0.228. The molecule has 0 bridgehead atoms. The Bertz CT molecular complexity index is 186. The van der Waals surface area contributed by atoms with Gasteiger partial charge >= 0.3 is 0 Å². The van der Waals surface area contributed by atoms with Crippen LogP contribution in [0.4, 0.5) is 0 Å². The third-order valence-corrected chi connectivity index (χ3v) is 2.96. The highest BCUT2D eigenvalue weighted by Crippen LogP contribution is 2.23. The fraction of sp³-hybridized carbons (Fsp3) is 0.909. The van der Waals surface area contributed by atoms with Crippen LogP contribution < -0.4 is 5.32 Å². The van der Waals surface area contributed by atoms with E-state index in [9.17, 15) is 4.79 Å². The van der Waals surface area contributed by atoms with Gasteiger partial charge in [-0.15, -0.1) is 0 Å². The topological polar surface area (TPSA) is 38.3 Å². The molecule has 0 aromatic heterocycles. The van der Waals surface area contributed by atoms with Gasteiger partial charge in [0.2, 0.25) is 0 Å². The molecule has 0 saturated carbocycles. The third kappa shape index (κ3) is 2.55. The Kier molecular flexibility index (Phi) is 4.55. The molecule has 0 amide bonds. The van der Waals surface area contributed by atoms with E-state index in [4.69, 9.17) is 4.74 Å². The molecule has 1 aliphatic rings. The van der Waals surface area contributed by atoms with E-state index in [2.05, 4.69) is 12.2 Å². The number of Topliss-reactive ketones (excluding diaryl/α,β-unsaturated/α-hetero) is 1. The highest BCUT2D eigenvalue weighted by atomic mass is 16.5. The number of nitrogens with one attached hydrogen (secondary N) is 1. The SMILES string of the molecule is CCCOCC(=O)C1(CC)CCCN1. The second-order valence-electron chi connectivity index (χ2n) is 3.94. The normalized spacial score (nSPS) is 26.7. The van der Waals surface area contributed by atoms with Crippen LogP contribution in [0.25, 0.3) is 0 Å². The fourth-order valence-corrected chi connectivity index (χ4v) is 1.99. The van der Waals surface area contributed by atoms with E-state index in [1.165, 1.54) is 0 Å². The number of carbonyl (C=O) groups excluding carboxylic acids is 1. The Balaban J connectivity index is 2.40. The third-order valence-electron chi connectivity index (χ3n) is 2.96. The second-order valence-corrected chi connectivity index (χ2v) is 3.94. The lowest BCUT2D eigenvalue weighted by molar-refractivity contribution is -0.129. The first kappa shape index (κ1) is 11.7. The zero-order valence-electron chi connectivity index (χ0n) is 9.27. The Hall–Kier alpha value is -0.410. The second kappa shape index (κ2) is 5.47. The van der Waals surface area contributed by atoms with Crippen LogP contribution in [0.1, 0.15) is 39.5 Å². The van der Waals surface area contributed by atoms with Crippen molar-refractivity contribution in [3.8, 4) is 0 Å². The van der Waals surface area contributed by atoms with Crippen molar-refractivity contribution in [2.45, 2.75) is 45.1 Å². The van der Waals surface area contributed by atoms with Crippen molar-refractivity contribution in [2.75, 3.05) is 19.8 Å². The van der Waals surface area contributed by atoms with Crippen LogP contribution in [0.3, 0.4) is 0 Å². The van der Waals surface area contributed by atoms with E-state index in [0.717, 1.165) is 32.2 Å². The summed E-state index contributed by atoms with van der Waals surface area (Å²) in [5.41, 5.74) is -0.270. The lowest BCUT2D eigenvalue weighted by Crippen LogP contribution is -2.48. The summed E-state index contributed by atoms with van der Waals surface area (Å²) < 4.78 is 5.29. The average Bonchev–Trinajstić information content (AvgIpc) is 2.67. The van der Waals surface area contributed by atoms with Crippen molar-refractivity contribution in [3.05, 3.63) is 0 Å². The van der Waals surface area contributed by atoms with Crippen molar-refractivity contribution < 1.29 is 9.53 Å². The van der Waals surface area contributed by atoms with E-state index >= 15 is 0 Å². The molecular formula is C11H21NO2. The molecule has 0 aliphatic carbocycles. The van der Waals surface area contributed by atoms with Crippen molar-refractivity contribution in [2.24, 2.45) is 0 Å². The summed E-state index contributed by atoms with van der Waals surface area (Å²) in [6.45, 7) is 6.04. The van der Waals surface area contributed by atoms with Crippen molar-refractivity contribution in [3.63, 3.8) is 0 Å². The van der Waals surface area contributed by atoms with Gasteiger partial charge in [-0.2, -0.15) is 0 Å². The maximum Gasteiger partial charge on any atom is 0.178 e. The summed E-state index contributed by atoms with van der Waals surface area (Å²) in [5, 5.41) is 3.32. The first-order valence-corrected chi connectivity index (χ1v) is 5.61.